The molecule has 1 aliphatic heterocycles. The van der Waals surface area contributed by atoms with E-state index >= 15 is 0 Å². The summed E-state index contributed by atoms with van der Waals surface area (Å²) in [6.07, 6.45) is -0.624. The first-order chi connectivity index (χ1) is 23.2. The Balaban J connectivity index is 1.72. The van der Waals surface area contributed by atoms with Crippen LogP contribution in [0.25, 0.3) is 0 Å². The maximum absolute atomic E-state index is 13.9. The number of ketones is 4. The van der Waals surface area contributed by atoms with E-state index in [1.165, 1.54) is 18.2 Å². The minimum atomic E-state index is -2.11. The van der Waals surface area contributed by atoms with Crippen LogP contribution in [-0.2, 0) is 38.4 Å². The Labute approximate surface area is 297 Å². The highest BCUT2D eigenvalue weighted by molar-refractivity contribution is 6.91. The molecule has 0 saturated heterocycles. The fraction of sp³-hybridized carbons (Fsp3) is 0.129. The number of halogens is 4. The van der Waals surface area contributed by atoms with E-state index in [2.05, 4.69) is 15.7 Å². The summed E-state index contributed by atoms with van der Waals surface area (Å²) in [7, 11) is 1.91. The van der Waals surface area contributed by atoms with Crippen molar-refractivity contribution in [3.63, 3.8) is 0 Å². The number of benzene rings is 3. The highest BCUT2D eigenvalue weighted by Crippen LogP contribution is 2.39. The Morgan fingerprint density at radius 3 is 2.04 bits per heavy atom. The second kappa shape index (κ2) is 15.4. The molecular weight excluding hydrogens is 726 g/mol. The van der Waals surface area contributed by atoms with Crippen LogP contribution in [0.4, 0.5) is 28.4 Å². The summed E-state index contributed by atoms with van der Waals surface area (Å²) in [4.78, 5) is 98.5. The number of nitrogens with one attached hydrogen (secondary N) is 2. The summed E-state index contributed by atoms with van der Waals surface area (Å²) in [5.41, 5.74) is 1.08. The van der Waals surface area contributed by atoms with Crippen molar-refractivity contribution < 1.29 is 38.4 Å². The Kier molecular flexibility index (Phi) is 11.5. The van der Waals surface area contributed by atoms with Gasteiger partial charge in [0.1, 0.15) is 5.69 Å². The lowest BCUT2D eigenvalue weighted by Gasteiger charge is -2.20. The Morgan fingerprint density at radius 2 is 1.47 bits per heavy atom. The van der Waals surface area contributed by atoms with E-state index < -0.39 is 47.3 Å². The molecule has 0 fully saturated rings. The third kappa shape index (κ3) is 7.78. The first-order valence-corrected chi connectivity index (χ1v) is 15.4. The van der Waals surface area contributed by atoms with Crippen molar-refractivity contribution in [1.29, 1.82) is 0 Å². The van der Waals surface area contributed by atoms with Crippen molar-refractivity contribution >= 4 is 128 Å². The van der Waals surface area contributed by atoms with E-state index in [4.69, 9.17) is 46.4 Å². The smallest absolute Gasteiger partial charge is 0.309 e. The molecule has 18 heteroatoms. The third-order valence-corrected chi connectivity index (χ3v) is 8.10. The Bertz CT molecular complexity index is 1930. The summed E-state index contributed by atoms with van der Waals surface area (Å²) in [6.45, 7) is 2.74. The zero-order valence-corrected chi connectivity index (χ0v) is 28.2. The number of aldehydes is 1. The van der Waals surface area contributed by atoms with Crippen LogP contribution in [0.5, 0.6) is 0 Å². The highest BCUT2D eigenvalue weighted by atomic mass is 35.5. The van der Waals surface area contributed by atoms with Gasteiger partial charge in [0.05, 0.1) is 26.4 Å². The quantitative estimate of drug-likeness (QED) is 0.147. The molecule has 3 aromatic carbocycles. The predicted molar refractivity (Wildman–Crippen MR) is 184 cm³/mol. The maximum Gasteiger partial charge on any atom is 0.309 e. The molecule has 1 heterocycles. The fourth-order valence-electron chi connectivity index (χ4n) is 4.34. The third-order valence-electron chi connectivity index (χ3n) is 6.98. The lowest BCUT2D eigenvalue weighted by molar-refractivity contribution is -0.151. The van der Waals surface area contributed by atoms with Crippen LogP contribution < -0.4 is 25.4 Å². The van der Waals surface area contributed by atoms with Gasteiger partial charge >= 0.3 is 5.91 Å². The lowest BCUT2D eigenvalue weighted by atomic mass is 10.1. The number of hydrogen-bond acceptors (Lipinski definition) is 12. The lowest BCUT2D eigenvalue weighted by Crippen LogP contribution is -2.43. The molecular formula is C31H22Cl4N6O8. The molecule has 0 saturated carbocycles. The van der Waals surface area contributed by atoms with E-state index in [0.717, 1.165) is 29.4 Å². The topological polar surface area (TPSA) is 183 Å². The van der Waals surface area contributed by atoms with Gasteiger partial charge in [-0.15, -0.1) is 5.10 Å². The Hall–Kier alpha value is -5.15. The van der Waals surface area contributed by atoms with Crippen molar-refractivity contribution in [2.45, 2.75) is 13.0 Å². The van der Waals surface area contributed by atoms with Crippen molar-refractivity contribution in [2.75, 3.05) is 39.0 Å². The Morgan fingerprint density at radius 1 is 0.857 bits per heavy atom. The molecule has 4 rings (SSSR count). The number of imide groups is 1. The van der Waals surface area contributed by atoms with Gasteiger partial charge in [0.25, 0.3) is 29.0 Å². The number of rotatable bonds is 13. The predicted octanol–water partition coefficient (Wildman–Crippen LogP) is 3.97. The first-order valence-electron chi connectivity index (χ1n) is 13.8. The number of carbonyl (C=O) groups is 8. The molecule has 49 heavy (non-hydrogen) atoms. The molecule has 0 spiro atoms. The van der Waals surface area contributed by atoms with E-state index in [1.807, 2.05) is 31.0 Å². The first kappa shape index (κ1) is 36.7. The summed E-state index contributed by atoms with van der Waals surface area (Å²) in [5.74, 6) is -10.6. The van der Waals surface area contributed by atoms with Gasteiger partial charge in [0.15, 0.2) is 18.2 Å². The van der Waals surface area contributed by atoms with Crippen molar-refractivity contribution in [3.05, 3.63) is 74.7 Å². The second-order valence-electron chi connectivity index (χ2n) is 10.0. The molecule has 3 aromatic rings. The van der Waals surface area contributed by atoms with Crippen LogP contribution in [-0.4, -0.2) is 73.1 Å². The van der Waals surface area contributed by atoms with Crippen molar-refractivity contribution in [1.82, 2.24) is 0 Å². The van der Waals surface area contributed by atoms with E-state index in [-0.39, 0.29) is 54.3 Å². The zero-order chi connectivity index (χ0) is 36.2. The highest BCUT2D eigenvalue weighted by Gasteiger charge is 2.40. The molecule has 1 aliphatic rings. The van der Waals surface area contributed by atoms with Gasteiger partial charge in [0.2, 0.25) is 6.41 Å². The average Bonchev–Trinajstić information content (AvgIpc) is 3.37. The van der Waals surface area contributed by atoms with Crippen molar-refractivity contribution in [2.24, 2.45) is 5.10 Å². The van der Waals surface area contributed by atoms with Gasteiger partial charge in [-0.05, 0) is 61.5 Å². The fourth-order valence-corrected chi connectivity index (χ4v) is 5.48. The molecule has 1 unspecified atom stereocenters. The van der Waals surface area contributed by atoms with Crippen LogP contribution in [0.2, 0.25) is 20.1 Å². The van der Waals surface area contributed by atoms with Crippen LogP contribution in [0.3, 0.4) is 0 Å². The van der Waals surface area contributed by atoms with Gasteiger partial charge < -0.3 is 15.5 Å². The molecule has 0 aliphatic carbocycles. The zero-order valence-electron chi connectivity index (χ0n) is 25.2. The molecule has 252 valence electrons. The van der Waals surface area contributed by atoms with E-state index in [0.29, 0.717) is 5.69 Å². The van der Waals surface area contributed by atoms with Gasteiger partial charge in [-0.25, -0.2) is 4.90 Å². The summed E-state index contributed by atoms with van der Waals surface area (Å²) < 4.78 is 0. The van der Waals surface area contributed by atoms with Gasteiger partial charge in [-0.2, -0.15) is 5.01 Å². The number of Topliss-reactive ketones (excluding diaryl/α,β-unsaturated/α-hetero) is 4. The number of anilines is 5. The van der Waals surface area contributed by atoms with Crippen LogP contribution in [0, 0.1) is 0 Å². The van der Waals surface area contributed by atoms with E-state index in [1.54, 1.807) is 12.1 Å². The van der Waals surface area contributed by atoms with Crippen LogP contribution in [0.15, 0.2) is 59.7 Å². The number of hydrogen-bond donors (Lipinski definition) is 2. The monoisotopic (exact) mass is 746 g/mol. The number of amides is 3. The number of carbonyl (C=O) groups excluding carboxylic acids is 8. The van der Waals surface area contributed by atoms with E-state index in [9.17, 15) is 38.4 Å². The maximum atomic E-state index is 13.9. The molecule has 0 bridgehead atoms. The summed E-state index contributed by atoms with van der Waals surface area (Å²) >= 11 is 25.3. The number of hydrazone groups is 1. The molecule has 0 aromatic heterocycles. The largest absolute Gasteiger partial charge is 0.375 e. The minimum absolute atomic E-state index is 0.00857. The van der Waals surface area contributed by atoms with Gasteiger partial charge in [-0.3, -0.25) is 38.4 Å². The molecule has 1 atom stereocenters. The van der Waals surface area contributed by atoms with Crippen LogP contribution >= 0.6 is 46.4 Å². The van der Waals surface area contributed by atoms with Gasteiger partial charge in [0, 0.05) is 30.0 Å². The molecule has 0 radical (unpaired) electrons. The van der Waals surface area contributed by atoms with Crippen molar-refractivity contribution in [3.8, 4) is 0 Å². The normalized spacial score (nSPS) is 13.7. The van der Waals surface area contributed by atoms with Gasteiger partial charge in [-0.1, -0.05) is 46.4 Å². The standard InChI is InChI=1S/C31H22Cl4N6O8/c1-3-39(2)17-6-4-16(5-7-17)36-24-29(38-41(30(24)48)25-20(34)10-15(32)11-21(25)35)37-22-12-18(8-9-19(22)33)40(14-43)31(49)28(47)27(46)26(45)23(44)13-42/h4-14,24,36H,3H2,1-2H3,(H,37,38). The molecule has 3 amide bonds. The molecule has 14 nitrogen and oxygen atoms in total. The molecule has 2 N–H and O–H groups in total. The summed E-state index contributed by atoms with van der Waals surface area (Å²) in [6, 6.07) is 12.1. The minimum Gasteiger partial charge on any atom is -0.375 e. The SMILES string of the molecule is CCN(C)c1ccc(NC2C(=O)N(c3c(Cl)cc(Cl)cc3Cl)N=C2Nc2cc(N(C=O)C(=O)C(=O)C(=O)C(=O)C(=O)C=O)ccc2Cl)cc1. The second-order valence-corrected chi connectivity index (χ2v) is 11.7. The average molecular weight is 748 g/mol. The van der Waals surface area contributed by atoms with Crippen LogP contribution in [0.1, 0.15) is 6.92 Å². The summed E-state index contributed by atoms with van der Waals surface area (Å²) in [5, 5.41) is 11.5. The number of nitrogens with zero attached hydrogens (tertiary/aromatic N) is 4. The number of amidine groups is 1.